The summed E-state index contributed by atoms with van der Waals surface area (Å²) in [6.07, 6.45) is 5.22. The van der Waals surface area contributed by atoms with Gasteiger partial charge in [-0.2, -0.15) is 0 Å². The lowest BCUT2D eigenvalue weighted by atomic mass is 9.62. The third kappa shape index (κ3) is 4.65. The molecule has 3 atom stereocenters. The van der Waals surface area contributed by atoms with Gasteiger partial charge in [0.1, 0.15) is 0 Å². The molecule has 1 saturated carbocycles. The van der Waals surface area contributed by atoms with E-state index in [9.17, 15) is 4.79 Å². The molecule has 3 unspecified atom stereocenters. The number of rotatable bonds is 4. The van der Waals surface area contributed by atoms with E-state index in [1.54, 1.807) is 0 Å². The number of amides is 1. The number of carbonyl (C=O) groups is 1. The maximum absolute atomic E-state index is 13.0. The van der Waals surface area contributed by atoms with E-state index in [0.717, 1.165) is 25.6 Å². The van der Waals surface area contributed by atoms with Gasteiger partial charge in [-0.1, -0.05) is 26.7 Å². The van der Waals surface area contributed by atoms with Crippen LogP contribution in [0.5, 0.6) is 0 Å². The highest BCUT2D eigenvalue weighted by molar-refractivity contribution is 6.45. The van der Waals surface area contributed by atoms with Crippen molar-refractivity contribution >= 4 is 13.0 Å². The number of nitrogens with one attached hydrogen (secondary N) is 1. The molecule has 0 bridgehead atoms. The monoisotopic (exact) mass is 365 g/mol. The first-order chi connectivity index (χ1) is 11.7. The third-order valence-electron chi connectivity index (χ3n) is 6.93. The van der Waals surface area contributed by atoms with Crippen LogP contribution in [-0.2, 0) is 14.1 Å². The molecule has 1 amide bonds. The zero-order chi connectivity index (χ0) is 20.0. The Morgan fingerprint density at radius 2 is 1.62 bits per heavy atom. The molecule has 5 heteroatoms. The molecule has 4 nitrogen and oxygen atoms in total. The Morgan fingerprint density at radius 3 is 2.12 bits per heavy atom. The Morgan fingerprint density at radius 1 is 1.08 bits per heavy atom. The summed E-state index contributed by atoms with van der Waals surface area (Å²) in [7, 11) is -0.131. The summed E-state index contributed by atoms with van der Waals surface area (Å²) in [6, 6.07) is 0. The van der Waals surface area contributed by atoms with Crippen LogP contribution in [0.3, 0.4) is 0 Å². The van der Waals surface area contributed by atoms with Gasteiger partial charge in [-0.05, 0) is 79.5 Å². The first-order valence-corrected chi connectivity index (χ1v) is 10.3. The Hall–Kier alpha value is -0.545. The van der Waals surface area contributed by atoms with Crippen molar-refractivity contribution in [1.29, 1.82) is 0 Å². The predicted molar refractivity (Wildman–Crippen MR) is 108 cm³/mol. The van der Waals surface area contributed by atoms with Gasteiger partial charge in [-0.3, -0.25) is 4.79 Å². The summed E-state index contributed by atoms with van der Waals surface area (Å²) < 4.78 is 12.3. The third-order valence-corrected chi connectivity index (χ3v) is 6.93. The van der Waals surface area contributed by atoms with E-state index in [-0.39, 0.29) is 35.2 Å². The Bertz CT molecular complexity index is 510. The lowest BCUT2D eigenvalue weighted by molar-refractivity contribution is -0.137. The second-order valence-electron chi connectivity index (χ2n) is 10.9. The topological polar surface area (TPSA) is 47.6 Å². The standard InChI is InChI=1S/C21H40BNO3/c1-15-10-11-16(14-21(15,9)17(24)23-18(2,3)4)12-13-22-25-19(5,6)20(7,8)26-22/h15-16H,10-14H2,1-9H3,(H,23,24). The fraction of sp³-hybridized carbons (Fsp3) is 0.952. The zero-order valence-electron chi connectivity index (χ0n) is 18.5. The van der Waals surface area contributed by atoms with Crippen molar-refractivity contribution in [1.82, 2.24) is 5.32 Å². The van der Waals surface area contributed by atoms with Gasteiger partial charge in [0.25, 0.3) is 0 Å². The smallest absolute Gasteiger partial charge is 0.403 e. The number of carbonyl (C=O) groups excluding carboxylic acids is 1. The fourth-order valence-corrected chi connectivity index (χ4v) is 4.21. The largest absolute Gasteiger partial charge is 0.457 e. The summed E-state index contributed by atoms with van der Waals surface area (Å²) >= 11 is 0. The van der Waals surface area contributed by atoms with Crippen molar-refractivity contribution in [2.75, 3.05) is 0 Å². The molecular weight excluding hydrogens is 325 g/mol. The van der Waals surface area contributed by atoms with Gasteiger partial charge in [0.2, 0.25) is 5.91 Å². The number of hydrogen-bond acceptors (Lipinski definition) is 3. The molecule has 0 spiro atoms. The molecule has 0 radical (unpaired) electrons. The van der Waals surface area contributed by atoms with Crippen molar-refractivity contribution in [2.45, 2.75) is 111 Å². The van der Waals surface area contributed by atoms with Crippen LogP contribution in [-0.4, -0.2) is 29.8 Å². The summed E-state index contributed by atoms with van der Waals surface area (Å²) in [6.45, 7) is 18.9. The average Bonchev–Trinajstić information content (AvgIpc) is 2.66. The first-order valence-electron chi connectivity index (χ1n) is 10.3. The van der Waals surface area contributed by atoms with E-state index in [0.29, 0.717) is 11.8 Å². The van der Waals surface area contributed by atoms with Crippen LogP contribution in [0.2, 0.25) is 6.32 Å². The van der Waals surface area contributed by atoms with E-state index in [2.05, 4.69) is 67.6 Å². The molecule has 1 saturated heterocycles. The van der Waals surface area contributed by atoms with Crippen LogP contribution < -0.4 is 5.32 Å². The van der Waals surface area contributed by atoms with E-state index >= 15 is 0 Å². The van der Waals surface area contributed by atoms with Gasteiger partial charge in [-0.25, -0.2) is 0 Å². The van der Waals surface area contributed by atoms with Crippen LogP contribution in [0.4, 0.5) is 0 Å². The molecule has 1 N–H and O–H groups in total. The Balaban J connectivity index is 1.95. The van der Waals surface area contributed by atoms with E-state index in [1.807, 2.05) is 0 Å². The van der Waals surface area contributed by atoms with Crippen LogP contribution in [0.1, 0.15) is 88.0 Å². The molecule has 1 aliphatic heterocycles. The fourth-order valence-electron chi connectivity index (χ4n) is 4.21. The molecule has 2 aliphatic rings. The molecule has 150 valence electrons. The van der Waals surface area contributed by atoms with Crippen molar-refractivity contribution < 1.29 is 14.1 Å². The summed E-state index contributed by atoms with van der Waals surface area (Å²) in [4.78, 5) is 13.0. The zero-order valence-corrected chi connectivity index (χ0v) is 18.5. The molecule has 1 heterocycles. The van der Waals surface area contributed by atoms with Crippen LogP contribution in [0, 0.1) is 17.3 Å². The van der Waals surface area contributed by atoms with Gasteiger partial charge < -0.3 is 14.6 Å². The van der Waals surface area contributed by atoms with Gasteiger partial charge in [-0.15, -0.1) is 0 Å². The van der Waals surface area contributed by atoms with Gasteiger partial charge in [0.05, 0.1) is 11.2 Å². The SMILES string of the molecule is CC1CCC(CCB2OC(C)(C)C(C)(C)O2)CC1(C)C(=O)NC(C)(C)C. The minimum atomic E-state index is -0.286. The normalized spacial score (nSPS) is 34.0. The molecule has 0 aromatic heterocycles. The minimum absolute atomic E-state index is 0.131. The summed E-state index contributed by atoms with van der Waals surface area (Å²) in [5.41, 5.74) is -0.999. The molecule has 1 aliphatic carbocycles. The van der Waals surface area contributed by atoms with Crippen molar-refractivity contribution in [2.24, 2.45) is 17.3 Å². The number of hydrogen-bond donors (Lipinski definition) is 1. The van der Waals surface area contributed by atoms with Crippen molar-refractivity contribution in [3.8, 4) is 0 Å². The highest BCUT2D eigenvalue weighted by Gasteiger charge is 2.51. The Labute approximate surface area is 161 Å². The lowest BCUT2D eigenvalue weighted by Crippen LogP contribution is -2.52. The van der Waals surface area contributed by atoms with Gasteiger partial charge in [0.15, 0.2) is 0 Å². The molecule has 0 aromatic carbocycles. The van der Waals surface area contributed by atoms with E-state index in [4.69, 9.17) is 9.31 Å². The first kappa shape index (κ1) is 21.8. The van der Waals surface area contributed by atoms with Crippen LogP contribution in [0.25, 0.3) is 0 Å². The van der Waals surface area contributed by atoms with E-state index < -0.39 is 0 Å². The van der Waals surface area contributed by atoms with Crippen LogP contribution >= 0.6 is 0 Å². The highest BCUT2D eigenvalue weighted by Crippen LogP contribution is 2.46. The Kier molecular flexibility index (Phi) is 5.96. The van der Waals surface area contributed by atoms with Crippen molar-refractivity contribution in [3.63, 3.8) is 0 Å². The van der Waals surface area contributed by atoms with E-state index in [1.165, 1.54) is 6.42 Å². The molecular formula is C21H40BNO3. The summed E-state index contributed by atoms with van der Waals surface area (Å²) in [5.74, 6) is 1.18. The lowest BCUT2D eigenvalue weighted by Gasteiger charge is -2.43. The average molecular weight is 365 g/mol. The quantitative estimate of drug-likeness (QED) is 0.726. The van der Waals surface area contributed by atoms with Crippen LogP contribution in [0.15, 0.2) is 0 Å². The molecule has 0 aromatic rings. The van der Waals surface area contributed by atoms with Crippen molar-refractivity contribution in [3.05, 3.63) is 0 Å². The molecule has 2 rings (SSSR count). The maximum atomic E-state index is 13.0. The summed E-state index contributed by atoms with van der Waals surface area (Å²) in [5, 5.41) is 3.21. The second kappa shape index (κ2) is 7.12. The highest BCUT2D eigenvalue weighted by atomic mass is 16.7. The second-order valence-corrected chi connectivity index (χ2v) is 10.9. The molecule has 26 heavy (non-hydrogen) atoms. The van der Waals surface area contributed by atoms with Gasteiger partial charge in [0, 0.05) is 11.0 Å². The maximum Gasteiger partial charge on any atom is 0.457 e. The van der Waals surface area contributed by atoms with Gasteiger partial charge >= 0.3 is 7.12 Å². The minimum Gasteiger partial charge on any atom is -0.403 e. The predicted octanol–water partition coefficient (Wildman–Crippen LogP) is 4.83. The molecule has 2 fully saturated rings.